The van der Waals surface area contributed by atoms with Crippen LogP contribution in [0, 0.1) is 17.2 Å². The van der Waals surface area contributed by atoms with E-state index >= 15 is 0 Å². The Bertz CT molecular complexity index is 826. The average molecular weight is 395 g/mol. The first-order chi connectivity index (χ1) is 12.7. The lowest BCUT2D eigenvalue weighted by Gasteiger charge is -2.28. The summed E-state index contributed by atoms with van der Waals surface area (Å²) < 4.78 is 30.5. The molecule has 0 aromatic carbocycles. The zero-order valence-electron chi connectivity index (χ0n) is 15.5. The van der Waals surface area contributed by atoms with Crippen LogP contribution in [0.1, 0.15) is 48.7 Å². The van der Waals surface area contributed by atoms with E-state index in [0.717, 1.165) is 31.9 Å². The maximum absolute atomic E-state index is 12.4. The molecular weight excluding hydrogens is 370 g/mol. The summed E-state index contributed by atoms with van der Waals surface area (Å²) in [5.41, 5.74) is 6.19. The van der Waals surface area contributed by atoms with Crippen LogP contribution in [0.5, 0.6) is 5.88 Å². The fraction of sp³-hybridized carbons (Fsp3) is 0.588. The minimum absolute atomic E-state index is 0.0410. The second-order valence-corrected chi connectivity index (χ2v) is 8.42. The second-order valence-electron chi connectivity index (χ2n) is 6.64. The topological polar surface area (TPSA) is 147 Å². The van der Waals surface area contributed by atoms with Gasteiger partial charge in [0.1, 0.15) is 17.3 Å². The van der Waals surface area contributed by atoms with Gasteiger partial charge in [0, 0.05) is 12.6 Å². The molecule has 1 fully saturated rings. The predicted molar refractivity (Wildman–Crippen MR) is 101 cm³/mol. The van der Waals surface area contributed by atoms with Crippen molar-refractivity contribution in [3.05, 3.63) is 17.3 Å². The molecule has 0 unspecified atom stereocenters. The van der Waals surface area contributed by atoms with Crippen molar-refractivity contribution in [1.82, 2.24) is 15.0 Å². The molecule has 1 aromatic rings. The molecule has 1 aliphatic rings. The third-order valence-corrected chi connectivity index (χ3v) is 5.18. The zero-order chi connectivity index (χ0) is 20.0. The summed E-state index contributed by atoms with van der Waals surface area (Å²) in [4.78, 5) is 16.5. The van der Waals surface area contributed by atoms with Crippen LogP contribution in [0.15, 0.2) is 6.07 Å². The van der Waals surface area contributed by atoms with Crippen LogP contribution in [0.3, 0.4) is 0 Å². The number of nitrogen functional groups attached to an aromatic ring is 1. The summed E-state index contributed by atoms with van der Waals surface area (Å²) in [6, 6.07) is 3.25. The van der Waals surface area contributed by atoms with E-state index < -0.39 is 10.0 Å². The summed E-state index contributed by atoms with van der Waals surface area (Å²) in [6.07, 6.45) is 4.28. The van der Waals surface area contributed by atoms with E-state index in [-0.39, 0.29) is 40.7 Å². The second kappa shape index (κ2) is 9.01. The van der Waals surface area contributed by atoms with E-state index in [9.17, 15) is 13.2 Å². The number of anilines is 1. The Morgan fingerprint density at radius 2 is 2.07 bits per heavy atom. The number of amides is 1. The monoisotopic (exact) mass is 395 g/mol. The number of aromatic nitrogens is 1. The van der Waals surface area contributed by atoms with Gasteiger partial charge in [0.2, 0.25) is 15.9 Å². The molecule has 1 aliphatic carbocycles. The zero-order valence-corrected chi connectivity index (χ0v) is 16.3. The van der Waals surface area contributed by atoms with Crippen molar-refractivity contribution in [2.24, 2.45) is 5.92 Å². The highest BCUT2D eigenvalue weighted by molar-refractivity contribution is 7.88. The molecule has 0 aliphatic heterocycles. The summed E-state index contributed by atoms with van der Waals surface area (Å²) in [5.74, 6) is -0.0605. The summed E-state index contributed by atoms with van der Waals surface area (Å²) >= 11 is 0. The van der Waals surface area contributed by atoms with Gasteiger partial charge in [0.15, 0.2) is 0 Å². The first-order valence-corrected chi connectivity index (χ1v) is 10.7. The lowest BCUT2D eigenvalue weighted by atomic mass is 9.86. The molecule has 0 saturated heterocycles. The van der Waals surface area contributed by atoms with Gasteiger partial charge in [-0.3, -0.25) is 4.79 Å². The standard InChI is InChI=1S/C17H25N5O4S/c1-3-26-17-13(9-18)14(19)8-15(21-17)16(23)20-10-11-4-6-12(7-5-11)22-27(2,24)25/h8,11-12,22H,3-7,10H2,1-2H3,(H2,19,21)(H,20,23)/t11-,12-. The smallest absolute Gasteiger partial charge is 0.270 e. The number of ether oxygens (including phenoxy) is 1. The lowest BCUT2D eigenvalue weighted by Crippen LogP contribution is -2.39. The maximum Gasteiger partial charge on any atom is 0.270 e. The number of sulfonamides is 1. The van der Waals surface area contributed by atoms with Gasteiger partial charge in [-0.1, -0.05) is 0 Å². The molecule has 9 nitrogen and oxygen atoms in total. The summed E-state index contributed by atoms with van der Waals surface area (Å²) in [6.45, 7) is 2.52. The Hall–Kier alpha value is -2.38. The molecule has 0 spiro atoms. The van der Waals surface area contributed by atoms with Crippen LogP contribution in [-0.4, -0.2) is 44.8 Å². The first kappa shape index (κ1) is 20.9. The number of nitrogens with two attached hydrogens (primary N) is 1. The molecule has 148 valence electrons. The number of nitrogens with one attached hydrogen (secondary N) is 2. The SMILES string of the molecule is CCOc1nc(C(=O)NC[C@H]2CC[C@H](NS(C)(=O)=O)CC2)cc(N)c1C#N. The normalized spacial score (nSPS) is 19.9. The highest BCUT2D eigenvalue weighted by Crippen LogP contribution is 2.25. The van der Waals surface area contributed by atoms with Crippen molar-refractivity contribution in [2.45, 2.75) is 38.6 Å². The Morgan fingerprint density at radius 1 is 1.41 bits per heavy atom. The molecule has 1 aromatic heterocycles. The Balaban J connectivity index is 1.92. The van der Waals surface area contributed by atoms with Crippen molar-refractivity contribution in [2.75, 3.05) is 25.1 Å². The molecule has 10 heteroatoms. The van der Waals surface area contributed by atoms with E-state index in [4.69, 9.17) is 15.7 Å². The van der Waals surface area contributed by atoms with Gasteiger partial charge in [0.05, 0.1) is 18.6 Å². The van der Waals surface area contributed by atoms with Gasteiger partial charge in [-0.25, -0.2) is 18.1 Å². The van der Waals surface area contributed by atoms with E-state index in [1.807, 2.05) is 6.07 Å². The fourth-order valence-corrected chi connectivity index (χ4v) is 3.97. The third kappa shape index (κ3) is 6.08. The van der Waals surface area contributed by atoms with Crippen LogP contribution < -0.4 is 20.5 Å². The van der Waals surface area contributed by atoms with E-state index in [2.05, 4.69) is 15.0 Å². The maximum atomic E-state index is 12.4. The Kier molecular flexibility index (Phi) is 6.98. The van der Waals surface area contributed by atoms with Gasteiger partial charge in [0.25, 0.3) is 5.91 Å². The fourth-order valence-electron chi connectivity index (χ4n) is 3.13. The van der Waals surface area contributed by atoms with Gasteiger partial charge < -0.3 is 15.8 Å². The van der Waals surface area contributed by atoms with E-state index in [1.54, 1.807) is 6.92 Å². The molecule has 1 heterocycles. The third-order valence-electron chi connectivity index (χ3n) is 4.42. The van der Waals surface area contributed by atoms with Crippen molar-refractivity contribution in [1.29, 1.82) is 5.26 Å². The van der Waals surface area contributed by atoms with Crippen LogP contribution in [0.4, 0.5) is 5.69 Å². The number of carbonyl (C=O) groups is 1. The average Bonchev–Trinajstić information content (AvgIpc) is 2.59. The molecule has 1 amide bonds. The number of carbonyl (C=O) groups excluding carboxylic acids is 1. The van der Waals surface area contributed by atoms with Crippen LogP contribution in [0.2, 0.25) is 0 Å². The van der Waals surface area contributed by atoms with Gasteiger partial charge in [-0.05, 0) is 44.6 Å². The molecule has 2 rings (SSSR count). The number of nitriles is 1. The number of hydrogen-bond donors (Lipinski definition) is 3. The van der Waals surface area contributed by atoms with E-state index in [1.165, 1.54) is 6.07 Å². The van der Waals surface area contributed by atoms with Crippen LogP contribution >= 0.6 is 0 Å². The number of nitrogens with zero attached hydrogens (tertiary/aromatic N) is 2. The molecule has 1 saturated carbocycles. The van der Waals surface area contributed by atoms with Gasteiger partial charge in [-0.2, -0.15) is 5.26 Å². The van der Waals surface area contributed by atoms with Crippen molar-refractivity contribution >= 4 is 21.6 Å². The predicted octanol–water partition coefficient (Wildman–Crippen LogP) is 0.772. The van der Waals surface area contributed by atoms with E-state index in [0.29, 0.717) is 13.2 Å². The minimum atomic E-state index is -3.20. The number of rotatable bonds is 7. The molecular formula is C17H25N5O4S. The molecule has 4 N–H and O–H groups in total. The lowest BCUT2D eigenvalue weighted by molar-refractivity contribution is 0.0936. The first-order valence-electron chi connectivity index (χ1n) is 8.82. The van der Waals surface area contributed by atoms with Gasteiger partial charge in [-0.15, -0.1) is 0 Å². The van der Waals surface area contributed by atoms with Crippen molar-refractivity contribution in [3.8, 4) is 11.9 Å². The summed E-state index contributed by atoms with van der Waals surface area (Å²) in [5, 5.41) is 12.0. The Labute approximate surface area is 159 Å². The number of hydrogen-bond acceptors (Lipinski definition) is 7. The highest BCUT2D eigenvalue weighted by Gasteiger charge is 2.24. The Morgan fingerprint density at radius 3 is 2.63 bits per heavy atom. The van der Waals surface area contributed by atoms with Gasteiger partial charge >= 0.3 is 0 Å². The minimum Gasteiger partial charge on any atom is -0.477 e. The number of pyridine rings is 1. The van der Waals surface area contributed by atoms with Crippen molar-refractivity contribution < 1.29 is 17.9 Å². The molecule has 0 atom stereocenters. The molecule has 0 radical (unpaired) electrons. The molecule has 27 heavy (non-hydrogen) atoms. The molecule has 0 bridgehead atoms. The quantitative estimate of drug-likeness (QED) is 0.618. The summed E-state index contributed by atoms with van der Waals surface area (Å²) in [7, 11) is -3.20. The van der Waals surface area contributed by atoms with Crippen molar-refractivity contribution in [3.63, 3.8) is 0 Å². The highest BCUT2D eigenvalue weighted by atomic mass is 32.2. The van der Waals surface area contributed by atoms with Crippen LogP contribution in [-0.2, 0) is 10.0 Å². The largest absolute Gasteiger partial charge is 0.477 e. The van der Waals surface area contributed by atoms with Crippen LogP contribution in [0.25, 0.3) is 0 Å².